The lowest BCUT2D eigenvalue weighted by atomic mass is 10.1. The molecule has 2 rings (SSSR count). The third kappa shape index (κ3) is 3.49. The first kappa shape index (κ1) is 15.7. The molecule has 1 N–H and O–H groups in total. The molecule has 5 nitrogen and oxygen atoms in total. The van der Waals surface area contributed by atoms with Gasteiger partial charge in [0.25, 0.3) is 5.91 Å². The van der Waals surface area contributed by atoms with Gasteiger partial charge in [0.1, 0.15) is 5.75 Å². The Morgan fingerprint density at radius 1 is 1.00 bits per heavy atom. The minimum absolute atomic E-state index is 0.224. The average Bonchev–Trinajstić information content (AvgIpc) is 2.58. The number of amides is 1. The molecule has 2 aromatic rings. The molecule has 0 saturated carbocycles. The predicted molar refractivity (Wildman–Crippen MR) is 83.7 cm³/mol. The van der Waals surface area contributed by atoms with Gasteiger partial charge >= 0.3 is 0 Å². The Hall–Kier alpha value is -2.69. The third-order valence-corrected chi connectivity index (χ3v) is 3.23. The molecule has 0 bridgehead atoms. The Morgan fingerprint density at radius 2 is 1.77 bits per heavy atom. The van der Waals surface area contributed by atoms with Gasteiger partial charge in [-0.2, -0.15) is 0 Å². The van der Waals surface area contributed by atoms with E-state index in [9.17, 15) is 4.79 Å². The zero-order valence-corrected chi connectivity index (χ0v) is 12.9. The fraction of sp³-hybridized carbons (Fsp3) is 0.235. The molecule has 0 aromatic heterocycles. The summed E-state index contributed by atoms with van der Waals surface area (Å²) < 4.78 is 15.6. The molecular weight excluding hydrogens is 282 g/mol. The van der Waals surface area contributed by atoms with Crippen LogP contribution < -0.4 is 19.5 Å². The Kier molecular flexibility index (Phi) is 5.25. The summed E-state index contributed by atoms with van der Waals surface area (Å²) >= 11 is 0. The van der Waals surface area contributed by atoms with E-state index in [1.807, 2.05) is 24.3 Å². The highest BCUT2D eigenvalue weighted by Gasteiger charge is 2.15. The van der Waals surface area contributed by atoms with E-state index in [0.29, 0.717) is 23.6 Å². The second-order valence-corrected chi connectivity index (χ2v) is 4.58. The van der Waals surface area contributed by atoms with E-state index in [2.05, 4.69) is 5.32 Å². The maximum Gasteiger partial charge on any atom is 0.255 e. The van der Waals surface area contributed by atoms with E-state index in [-0.39, 0.29) is 5.91 Å². The Morgan fingerprint density at radius 3 is 2.45 bits per heavy atom. The van der Waals surface area contributed by atoms with Crippen LogP contribution in [0.3, 0.4) is 0 Å². The molecule has 0 aliphatic rings. The molecule has 116 valence electrons. The van der Waals surface area contributed by atoms with E-state index in [1.165, 1.54) is 14.2 Å². The predicted octanol–water partition coefficient (Wildman–Crippen LogP) is 2.64. The summed E-state index contributed by atoms with van der Waals surface area (Å²) in [5.41, 5.74) is 1.39. The molecule has 0 aliphatic carbocycles. The summed E-state index contributed by atoms with van der Waals surface area (Å²) in [4.78, 5) is 12.3. The Bertz CT molecular complexity index is 655. The van der Waals surface area contributed by atoms with Gasteiger partial charge in [0.05, 0.1) is 26.9 Å². The number of para-hydroxylation sites is 1. The largest absolute Gasteiger partial charge is 0.497 e. The highest BCUT2D eigenvalue weighted by molar-refractivity contribution is 5.97. The van der Waals surface area contributed by atoms with E-state index in [1.54, 1.807) is 25.3 Å². The van der Waals surface area contributed by atoms with Gasteiger partial charge in [0.15, 0.2) is 11.5 Å². The molecule has 0 atom stereocenters. The standard InChI is InChI=1S/C17H19NO4/c1-20-13-7-4-6-12(10-13)11-18-17(19)14-8-5-9-15(21-2)16(14)22-3/h4-10H,11H2,1-3H3,(H,18,19). The molecule has 0 fully saturated rings. The molecule has 22 heavy (non-hydrogen) atoms. The topological polar surface area (TPSA) is 56.8 Å². The van der Waals surface area contributed by atoms with Crippen LogP contribution in [0.5, 0.6) is 17.2 Å². The summed E-state index contributed by atoms with van der Waals surface area (Å²) in [6.07, 6.45) is 0. The van der Waals surface area contributed by atoms with Crippen LogP contribution in [0.2, 0.25) is 0 Å². The van der Waals surface area contributed by atoms with Crippen molar-refractivity contribution in [2.24, 2.45) is 0 Å². The molecule has 1 amide bonds. The molecule has 0 spiro atoms. The van der Waals surface area contributed by atoms with Crippen LogP contribution in [0.1, 0.15) is 15.9 Å². The summed E-state index contributed by atoms with van der Waals surface area (Å²) in [5.74, 6) is 1.48. The van der Waals surface area contributed by atoms with Gasteiger partial charge in [-0.05, 0) is 29.8 Å². The van der Waals surface area contributed by atoms with Crippen LogP contribution >= 0.6 is 0 Å². The van der Waals surface area contributed by atoms with Gasteiger partial charge in [-0.3, -0.25) is 4.79 Å². The monoisotopic (exact) mass is 301 g/mol. The number of methoxy groups -OCH3 is 3. The lowest BCUT2D eigenvalue weighted by molar-refractivity contribution is 0.0947. The van der Waals surface area contributed by atoms with Crippen molar-refractivity contribution < 1.29 is 19.0 Å². The number of hydrogen-bond acceptors (Lipinski definition) is 4. The maximum absolute atomic E-state index is 12.3. The molecule has 0 saturated heterocycles. The molecule has 5 heteroatoms. The number of hydrogen-bond donors (Lipinski definition) is 1. The fourth-order valence-corrected chi connectivity index (χ4v) is 2.13. The number of benzene rings is 2. The molecule has 0 unspecified atom stereocenters. The van der Waals surface area contributed by atoms with Crippen molar-refractivity contribution in [1.82, 2.24) is 5.32 Å². The Labute approximate surface area is 129 Å². The first-order valence-corrected chi connectivity index (χ1v) is 6.81. The summed E-state index contributed by atoms with van der Waals surface area (Å²) in [6, 6.07) is 12.7. The molecule has 2 aromatic carbocycles. The number of nitrogens with one attached hydrogen (secondary N) is 1. The van der Waals surface area contributed by atoms with Crippen LogP contribution in [0.15, 0.2) is 42.5 Å². The van der Waals surface area contributed by atoms with Gasteiger partial charge in [0, 0.05) is 6.54 Å². The summed E-state index contributed by atoms with van der Waals surface area (Å²) in [6.45, 7) is 0.399. The van der Waals surface area contributed by atoms with Crippen molar-refractivity contribution in [1.29, 1.82) is 0 Å². The quantitative estimate of drug-likeness (QED) is 0.891. The lowest BCUT2D eigenvalue weighted by Gasteiger charge is -2.12. The van der Waals surface area contributed by atoms with Gasteiger partial charge in [-0.1, -0.05) is 18.2 Å². The number of carbonyl (C=O) groups is 1. The van der Waals surface area contributed by atoms with Crippen LogP contribution in [-0.2, 0) is 6.54 Å². The van der Waals surface area contributed by atoms with Crippen molar-refractivity contribution in [3.63, 3.8) is 0 Å². The second-order valence-electron chi connectivity index (χ2n) is 4.58. The van der Waals surface area contributed by atoms with Gasteiger partial charge in [-0.25, -0.2) is 0 Å². The number of ether oxygens (including phenoxy) is 3. The van der Waals surface area contributed by atoms with Crippen molar-refractivity contribution >= 4 is 5.91 Å². The Balaban J connectivity index is 2.12. The van der Waals surface area contributed by atoms with E-state index in [0.717, 1.165) is 11.3 Å². The lowest BCUT2D eigenvalue weighted by Crippen LogP contribution is -2.23. The normalized spacial score (nSPS) is 9.95. The van der Waals surface area contributed by atoms with Crippen molar-refractivity contribution in [3.8, 4) is 17.2 Å². The van der Waals surface area contributed by atoms with Gasteiger partial charge in [0.2, 0.25) is 0 Å². The molecular formula is C17H19NO4. The SMILES string of the molecule is COc1cccc(CNC(=O)c2cccc(OC)c2OC)c1. The van der Waals surface area contributed by atoms with Crippen LogP contribution in [-0.4, -0.2) is 27.2 Å². The van der Waals surface area contributed by atoms with E-state index in [4.69, 9.17) is 14.2 Å². The van der Waals surface area contributed by atoms with Crippen LogP contribution in [0, 0.1) is 0 Å². The van der Waals surface area contributed by atoms with Gasteiger partial charge < -0.3 is 19.5 Å². The second kappa shape index (κ2) is 7.36. The first-order chi connectivity index (χ1) is 10.7. The maximum atomic E-state index is 12.3. The number of rotatable bonds is 6. The van der Waals surface area contributed by atoms with E-state index >= 15 is 0 Å². The molecule has 0 aliphatic heterocycles. The molecule has 0 radical (unpaired) electrons. The van der Waals surface area contributed by atoms with Crippen LogP contribution in [0.4, 0.5) is 0 Å². The fourth-order valence-electron chi connectivity index (χ4n) is 2.13. The average molecular weight is 301 g/mol. The van der Waals surface area contributed by atoms with Crippen molar-refractivity contribution in [3.05, 3.63) is 53.6 Å². The van der Waals surface area contributed by atoms with E-state index < -0.39 is 0 Å². The molecule has 0 heterocycles. The third-order valence-electron chi connectivity index (χ3n) is 3.23. The van der Waals surface area contributed by atoms with Crippen molar-refractivity contribution in [2.75, 3.05) is 21.3 Å². The first-order valence-electron chi connectivity index (χ1n) is 6.81. The minimum atomic E-state index is -0.224. The number of carbonyl (C=O) groups excluding carboxylic acids is 1. The van der Waals surface area contributed by atoms with Gasteiger partial charge in [-0.15, -0.1) is 0 Å². The van der Waals surface area contributed by atoms with Crippen molar-refractivity contribution in [2.45, 2.75) is 6.54 Å². The summed E-state index contributed by atoms with van der Waals surface area (Å²) in [7, 11) is 4.66. The highest BCUT2D eigenvalue weighted by Crippen LogP contribution is 2.30. The highest BCUT2D eigenvalue weighted by atomic mass is 16.5. The smallest absolute Gasteiger partial charge is 0.255 e. The summed E-state index contributed by atoms with van der Waals surface area (Å²) in [5, 5.41) is 2.86. The zero-order valence-electron chi connectivity index (χ0n) is 12.9. The van der Waals surface area contributed by atoms with Crippen LogP contribution in [0.25, 0.3) is 0 Å². The minimum Gasteiger partial charge on any atom is -0.497 e. The zero-order chi connectivity index (χ0) is 15.9.